The van der Waals surface area contributed by atoms with Crippen molar-refractivity contribution in [3.05, 3.63) is 54.1 Å². The van der Waals surface area contributed by atoms with Gasteiger partial charge in [0.1, 0.15) is 5.82 Å². The molecule has 0 bridgehead atoms. The molecule has 1 fully saturated rings. The van der Waals surface area contributed by atoms with Crippen LogP contribution in [0.1, 0.15) is 49.9 Å². The lowest BCUT2D eigenvalue weighted by Gasteiger charge is -2.16. The molecule has 150 valence electrons. The number of hydrogen-bond donors (Lipinski definition) is 0. The lowest BCUT2D eigenvalue weighted by molar-refractivity contribution is 0.451. The Morgan fingerprint density at radius 3 is 2.66 bits per heavy atom. The number of aromatic nitrogens is 5. The summed E-state index contributed by atoms with van der Waals surface area (Å²) in [6.45, 7) is 4.15. The van der Waals surface area contributed by atoms with E-state index >= 15 is 0 Å². The number of fused-ring (bicyclic) bond motifs is 3. The van der Waals surface area contributed by atoms with Gasteiger partial charge in [-0.15, -0.1) is 10.2 Å². The highest BCUT2D eigenvalue weighted by Crippen LogP contribution is 2.41. The summed E-state index contributed by atoms with van der Waals surface area (Å²) in [6.07, 6.45) is 7.77. The van der Waals surface area contributed by atoms with Gasteiger partial charge in [0.25, 0.3) is 10.0 Å². The number of hydrogen-bond acceptors (Lipinski definition) is 5. The van der Waals surface area contributed by atoms with E-state index in [1.54, 1.807) is 42.7 Å². The smallest absolute Gasteiger partial charge is 0.269 e. The highest BCUT2D eigenvalue weighted by atomic mass is 32.2. The minimum absolute atomic E-state index is 0.244. The summed E-state index contributed by atoms with van der Waals surface area (Å²) in [6, 6.07) is 8.65. The van der Waals surface area contributed by atoms with E-state index in [9.17, 15) is 8.42 Å². The van der Waals surface area contributed by atoms with E-state index in [4.69, 9.17) is 0 Å². The first-order valence-electron chi connectivity index (χ1n) is 10.0. The van der Waals surface area contributed by atoms with Crippen LogP contribution in [-0.4, -0.2) is 32.0 Å². The SMILES string of the molecule is CC[C@@H]1CCC[C@@H]1c1nnc2cnc3c(ccn3S(=O)(=O)c3ccc(C)cc3)n12. The average molecular weight is 410 g/mol. The van der Waals surface area contributed by atoms with Crippen LogP contribution in [0, 0.1) is 12.8 Å². The molecular formula is C21H23N5O2S. The van der Waals surface area contributed by atoms with Crippen LogP contribution in [0.25, 0.3) is 16.8 Å². The molecule has 1 aliphatic carbocycles. The summed E-state index contributed by atoms with van der Waals surface area (Å²) >= 11 is 0. The molecule has 1 aliphatic rings. The van der Waals surface area contributed by atoms with Gasteiger partial charge in [0.05, 0.1) is 16.6 Å². The lowest BCUT2D eigenvalue weighted by atomic mass is 9.93. The van der Waals surface area contributed by atoms with Crippen LogP contribution in [0.4, 0.5) is 0 Å². The summed E-state index contributed by atoms with van der Waals surface area (Å²) < 4.78 is 29.7. The lowest BCUT2D eigenvalue weighted by Crippen LogP contribution is -2.13. The van der Waals surface area contributed by atoms with Crippen LogP contribution < -0.4 is 0 Å². The molecule has 8 heteroatoms. The molecule has 1 aromatic carbocycles. The third kappa shape index (κ3) is 2.77. The molecule has 4 aromatic rings. The Hall–Kier alpha value is -2.74. The molecule has 7 nitrogen and oxygen atoms in total. The molecule has 0 spiro atoms. The third-order valence-corrected chi connectivity index (χ3v) is 7.84. The van der Waals surface area contributed by atoms with Crippen LogP contribution >= 0.6 is 0 Å². The normalized spacial score (nSPS) is 20.1. The average Bonchev–Trinajstić information content (AvgIpc) is 3.44. The van der Waals surface area contributed by atoms with E-state index in [2.05, 4.69) is 22.1 Å². The molecule has 5 rings (SSSR count). The Morgan fingerprint density at radius 1 is 1.10 bits per heavy atom. The van der Waals surface area contributed by atoms with E-state index in [-0.39, 0.29) is 4.90 Å². The first-order valence-corrected chi connectivity index (χ1v) is 11.5. The fraction of sp³-hybridized carbons (Fsp3) is 0.381. The topological polar surface area (TPSA) is 82.2 Å². The first-order chi connectivity index (χ1) is 14.0. The fourth-order valence-electron chi connectivity index (χ4n) is 4.58. The Balaban J connectivity index is 1.70. The number of benzene rings is 1. The molecule has 0 amide bonds. The van der Waals surface area contributed by atoms with Crippen molar-refractivity contribution in [2.75, 3.05) is 0 Å². The summed E-state index contributed by atoms with van der Waals surface area (Å²) in [5.74, 6) is 1.85. The van der Waals surface area contributed by atoms with Crippen molar-refractivity contribution in [1.82, 2.24) is 23.6 Å². The van der Waals surface area contributed by atoms with Gasteiger partial charge in [-0.3, -0.25) is 4.40 Å². The van der Waals surface area contributed by atoms with Crippen molar-refractivity contribution < 1.29 is 8.42 Å². The molecule has 0 saturated heterocycles. The van der Waals surface area contributed by atoms with Crippen LogP contribution in [0.2, 0.25) is 0 Å². The minimum Gasteiger partial charge on any atom is -0.274 e. The zero-order valence-electron chi connectivity index (χ0n) is 16.5. The van der Waals surface area contributed by atoms with E-state index in [0.717, 1.165) is 29.7 Å². The maximum atomic E-state index is 13.2. The Labute approximate surface area is 169 Å². The predicted octanol–water partition coefficient (Wildman–Crippen LogP) is 3.92. The minimum atomic E-state index is -3.74. The highest BCUT2D eigenvalue weighted by Gasteiger charge is 2.32. The van der Waals surface area contributed by atoms with Gasteiger partial charge < -0.3 is 0 Å². The van der Waals surface area contributed by atoms with Crippen molar-refractivity contribution >= 4 is 26.8 Å². The highest BCUT2D eigenvalue weighted by molar-refractivity contribution is 7.90. The Kier molecular flexibility index (Phi) is 4.20. The number of rotatable bonds is 4. The van der Waals surface area contributed by atoms with Crippen LogP contribution in [0.15, 0.2) is 47.6 Å². The summed E-state index contributed by atoms with van der Waals surface area (Å²) in [5.41, 5.74) is 2.78. The van der Waals surface area contributed by atoms with Crippen LogP contribution in [0.3, 0.4) is 0 Å². The number of aryl methyl sites for hydroxylation is 1. The molecule has 0 unspecified atom stereocenters. The van der Waals surface area contributed by atoms with Gasteiger partial charge in [0, 0.05) is 12.1 Å². The molecule has 1 saturated carbocycles. The third-order valence-electron chi connectivity index (χ3n) is 6.15. The first kappa shape index (κ1) is 18.3. The molecular weight excluding hydrogens is 386 g/mol. The van der Waals surface area contributed by atoms with Crippen molar-refractivity contribution in [3.8, 4) is 0 Å². The second kappa shape index (κ2) is 6.66. The maximum Gasteiger partial charge on any atom is 0.269 e. The van der Waals surface area contributed by atoms with E-state index in [0.29, 0.717) is 23.1 Å². The standard InChI is InChI=1S/C21H23N5O2S/c1-3-15-5-4-6-17(15)20-24-23-19-13-22-21-18(26(19)20)11-12-25(21)29(27,28)16-9-7-14(2)8-10-16/h7-13,15,17H,3-6H2,1-2H3/t15-,17+/m1/s1. The van der Waals surface area contributed by atoms with Gasteiger partial charge in [-0.25, -0.2) is 17.4 Å². The van der Waals surface area contributed by atoms with Crippen LogP contribution in [0.5, 0.6) is 0 Å². The Bertz CT molecular complexity index is 1300. The molecule has 3 aromatic heterocycles. The van der Waals surface area contributed by atoms with Gasteiger partial charge in [-0.1, -0.05) is 37.5 Å². The molecule has 29 heavy (non-hydrogen) atoms. The summed E-state index contributed by atoms with van der Waals surface area (Å²) in [7, 11) is -3.74. The van der Waals surface area contributed by atoms with Gasteiger partial charge >= 0.3 is 0 Å². The van der Waals surface area contributed by atoms with E-state index in [1.165, 1.54) is 16.8 Å². The van der Waals surface area contributed by atoms with E-state index < -0.39 is 10.0 Å². The van der Waals surface area contributed by atoms with Gasteiger partial charge in [0.15, 0.2) is 11.3 Å². The van der Waals surface area contributed by atoms with Crippen molar-refractivity contribution in [2.45, 2.75) is 50.3 Å². The van der Waals surface area contributed by atoms with Gasteiger partial charge in [-0.2, -0.15) is 0 Å². The fourth-order valence-corrected chi connectivity index (χ4v) is 5.87. The van der Waals surface area contributed by atoms with Gasteiger partial charge in [0.2, 0.25) is 0 Å². The maximum absolute atomic E-state index is 13.2. The predicted molar refractivity (Wildman–Crippen MR) is 110 cm³/mol. The zero-order valence-corrected chi connectivity index (χ0v) is 17.3. The largest absolute Gasteiger partial charge is 0.274 e. The summed E-state index contributed by atoms with van der Waals surface area (Å²) in [5, 5.41) is 8.79. The Morgan fingerprint density at radius 2 is 1.90 bits per heavy atom. The second-order valence-electron chi connectivity index (χ2n) is 7.85. The molecule has 3 heterocycles. The van der Waals surface area contributed by atoms with Crippen LogP contribution in [-0.2, 0) is 10.0 Å². The van der Waals surface area contributed by atoms with Crippen molar-refractivity contribution in [3.63, 3.8) is 0 Å². The molecule has 2 atom stereocenters. The van der Waals surface area contributed by atoms with Crippen molar-refractivity contribution in [1.29, 1.82) is 0 Å². The second-order valence-corrected chi connectivity index (χ2v) is 9.67. The zero-order chi connectivity index (χ0) is 20.2. The quantitative estimate of drug-likeness (QED) is 0.510. The van der Waals surface area contributed by atoms with Crippen molar-refractivity contribution in [2.24, 2.45) is 5.92 Å². The number of nitrogens with zero attached hydrogens (tertiary/aromatic N) is 5. The molecule has 0 radical (unpaired) electrons. The van der Waals surface area contributed by atoms with E-state index in [1.807, 2.05) is 11.3 Å². The van der Waals surface area contributed by atoms with Gasteiger partial charge in [-0.05, 0) is 43.9 Å². The summed E-state index contributed by atoms with van der Waals surface area (Å²) in [4.78, 5) is 4.66. The molecule has 0 N–H and O–H groups in total. The monoisotopic (exact) mass is 409 g/mol. The molecule has 0 aliphatic heterocycles.